The quantitative estimate of drug-likeness (QED) is 0.641. The highest BCUT2D eigenvalue weighted by Crippen LogP contribution is 2.22. The first-order valence-corrected chi connectivity index (χ1v) is 11.6. The van der Waals surface area contributed by atoms with Crippen LogP contribution in [0.25, 0.3) is 0 Å². The molecule has 0 bridgehead atoms. The number of carboxylic acids is 1. The highest BCUT2D eigenvalue weighted by atomic mass is 35.5. The minimum Gasteiger partial charge on any atom is -0.490 e. The lowest BCUT2D eigenvalue weighted by Gasteiger charge is -2.23. The minimum absolute atomic E-state index is 0.0749. The molecule has 0 amide bonds. The van der Waals surface area contributed by atoms with Crippen molar-refractivity contribution in [3.63, 3.8) is 0 Å². The fourth-order valence-corrected chi connectivity index (χ4v) is 4.92. The van der Waals surface area contributed by atoms with Crippen LogP contribution in [0.2, 0.25) is 5.02 Å². The van der Waals surface area contributed by atoms with Crippen molar-refractivity contribution >= 4 is 27.8 Å². The maximum Gasteiger partial charge on any atom is 0.322 e. The van der Waals surface area contributed by atoms with Crippen molar-refractivity contribution in [1.29, 1.82) is 0 Å². The molecule has 7 nitrogen and oxygen atoms in total. The molecule has 2 N–H and O–H groups in total. The van der Waals surface area contributed by atoms with Crippen LogP contribution in [-0.2, 0) is 21.4 Å². The predicted molar refractivity (Wildman–Crippen MR) is 115 cm³/mol. The normalized spacial score (nSPS) is 19.0. The van der Waals surface area contributed by atoms with Crippen LogP contribution >= 0.6 is 11.6 Å². The molecule has 0 spiro atoms. The van der Waals surface area contributed by atoms with Gasteiger partial charge in [-0.05, 0) is 55.5 Å². The van der Waals surface area contributed by atoms with Crippen LogP contribution < -0.4 is 9.46 Å². The van der Waals surface area contributed by atoms with E-state index in [1.54, 1.807) is 48.5 Å². The van der Waals surface area contributed by atoms with Gasteiger partial charge < -0.3 is 9.84 Å². The Morgan fingerprint density at radius 3 is 2.50 bits per heavy atom. The fraction of sp³-hybridized carbons (Fsp3) is 0.381. The molecule has 3 rings (SSSR count). The van der Waals surface area contributed by atoms with Gasteiger partial charge in [0, 0.05) is 18.1 Å². The number of nitrogens with one attached hydrogen (secondary N) is 1. The lowest BCUT2D eigenvalue weighted by Crippen LogP contribution is -2.49. The molecule has 2 aromatic rings. The highest BCUT2D eigenvalue weighted by molar-refractivity contribution is 7.87. The molecule has 2 atom stereocenters. The largest absolute Gasteiger partial charge is 0.490 e. The van der Waals surface area contributed by atoms with Gasteiger partial charge in [-0.3, -0.25) is 4.79 Å². The van der Waals surface area contributed by atoms with E-state index in [4.69, 9.17) is 16.3 Å². The molecular weight excluding hydrogens is 428 g/mol. The van der Waals surface area contributed by atoms with E-state index >= 15 is 0 Å². The van der Waals surface area contributed by atoms with Gasteiger partial charge in [0.25, 0.3) is 10.2 Å². The molecule has 0 radical (unpaired) electrons. The number of aliphatic carboxylic acids is 1. The van der Waals surface area contributed by atoms with Gasteiger partial charge in [0.1, 0.15) is 17.9 Å². The fourth-order valence-electron chi connectivity index (χ4n) is 3.39. The van der Waals surface area contributed by atoms with Crippen LogP contribution in [0.3, 0.4) is 0 Å². The predicted octanol–water partition coefficient (Wildman–Crippen LogP) is 3.10. The van der Waals surface area contributed by atoms with Gasteiger partial charge in [0.05, 0.1) is 0 Å². The van der Waals surface area contributed by atoms with E-state index in [0.717, 1.165) is 5.56 Å². The van der Waals surface area contributed by atoms with Gasteiger partial charge in [0.2, 0.25) is 0 Å². The second-order valence-electron chi connectivity index (χ2n) is 7.23. The molecule has 0 saturated carbocycles. The van der Waals surface area contributed by atoms with E-state index < -0.39 is 22.2 Å². The van der Waals surface area contributed by atoms with Crippen molar-refractivity contribution in [2.24, 2.45) is 0 Å². The number of nitrogens with zero attached hydrogens (tertiary/aromatic N) is 1. The smallest absolute Gasteiger partial charge is 0.322 e. The number of hydrogen-bond acceptors (Lipinski definition) is 4. The topological polar surface area (TPSA) is 95.9 Å². The van der Waals surface area contributed by atoms with Crippen molar-refractivity contribution in [1.82, 2.24) is 9.03 Å². The zero-order valence-electron chi connectivity index (χ0n) is 16.4. The number of hydrogen-bond donors (Lipinski definition) is 2. The summed E-state index contributed by atoms with van der Waals surface area (Å²) in [4.78, 5) is 11.6. The SMILES string of the molecule is O=C(O)C(Cc1ccccc1)NS(=O)(=O)N1CCCC(Oc2ccc(Cl)cc2)CC1. The summed E-state index contributed by atoms with van der Waals surface area (Å²) in [7, 11) is -3.94. The van der Waals surface area contributed by atoms with E-state index in [1.807, 2.05) is 6.07 Å². The Balaban J connectivity index is 1.60. The summed E-state index contributed by atoms with van der Waals surface area (Å²) in [6, 6.07) is 14.8. The Bertz CT molecular complexity index is 938. The standard InChI is InChI=1S/C21H25ClN2O5S/c22-17-8-10-19(11-9-17)29-18-7-4-13-24(14-12-18)30(27,28)23-20(21(25)26)15-16-5-2-1-3-6-16/h1-3,5-6,8-11,18,20,23H,4,7,12-15H2,(H,25,26). The highest BCUT2D eigenvalue weighted by Gasteiger charge is 2.31. The zero-order valence-corrected chi connectivity index (χ0v) is 18.0. The molecule has 0 aliphatic carbocycles. The van der Waals surface area contributed by atoms with Crippen LogP contribution in [0.5, 0.6) is 5.75 Å². The molecule has 1 aliphatic rings. The summed E-state index contributed by atoms with van der Waals surface area (Å²) in [6.07, 6.45) is 1.80. The molecule has 0 aromatic heterocycles. The first-order valence-electron chi connectivity index (χ1n) is 9.80. The van der Waals surface area contributed by atoms with Crippen molar-refractivity contribution < 1.29 is 23.1 Å². The summed E-state index contributed by atoms with van der Waals surface area (Å²) < 4.78 is 35.3. The van der Waals surface area contributed by atoms with E-state index in [0.29, 0.717) is 36.6 Å². The second-order valence-corrected chi connectivity index (χ2v) is 9.37. The second kappa shape index (κ2) is 10.3. The van der Waals surface area contributed by atoms with Gasteiger partial charge in [-0.25, -0.2) is 0 Å². The Hall–Kier alpha value is -2.13. The molecule has 9 heteroatoms. The molecule has 30 heavy (non-hydrogen) atoms. The summed E-state index contributed by atoms with van der Waals surface area (Å²) in [5, 5.41) is 10.1. The molecular formula is C21H25ClN2O5S. The minimum atomic E-state index is -3.94. The summed E-state index contributed by atoms with van der Waals surface area (Å²) >= 11 is 5.89. The van der Waals surface area contributed by atoms with Gasteiger partial charge in [-0.15, -0.1) is 0 Å². The lowest BCUT2D eigenvalue weighted by atomic mass is 10.1. The third-order valence-electron chi connectivity index (χ3n) is 4.96. The van der Waals surface area contributed by atoms with E-state index in [-0.39, 0.29) is 19.1 Å². The van der Waals surface area contributed by atoms with Crippen LogP contribution in [0.15, 0.2) is 54.6 Å². The molecule has 1 heterocycles. The molecule has 2 aromatic carbocycles. The molecule has 2 unspecified atom stereocenters. The summed E-state index contributed by atoms with van der Waals surface area (Å²) in [5.74, 6) is -0.520. The number of carboxylic acid groups (broad SMARTS) is 1. The van der Waals surface area contributed by atoms with Gasteiger partial charge in [-0.1, -0.05) is 41.9 Å². The van der Waals surface area contributed by atoms with Crippen molar-refractivity contribution in [3.8, 4) is 5.75 Å². The first-order chi connectivity index (χ1) is 14.3. The van der Waals surface area contributed by atoms with Crippen molar-refractivity contribution in [2.75, 3.05) is 13.1 Å². The number of halogens is 1. The number of carbonyl (C=O) groups is 1. The van der Waals surface area contributed by atoms with Crippen LogP contribution in [0, 0.1) is 0 Å². The molecule has 1 aliphatic heterocycles. The molecule has 1 saturated heterocycles. The third-order valence-corrected chi connectivity index (χ3v) is 6.84. The average molecular weight is 453 g/mol. The monoisotopic (exact) mass is 452 g/mol. The van der Waals surface area contributed by atoms with Crippen LogP contribution in [0.4, 0.5) is 0 Å². The Morgan fingerprint density at radius 2 is 1.83 bits per heavy atom. The Morgan fingerprint density at radius 1 is 1.13 bits per heavy atom. The zero-order chi connectivity index (χ0) is 21.6. The van der Waals surface area contributed by atoms with Crippen molar-refractivity contribution in [2.45, 2.75) is 37.8 Å². The average Bonchev–Trinajstić information content (AvgIpc) is 2.96. The lowest BCUT2D eigenvalue weighted by molar-refractivity contribution is -0.138. The first kappa shape index (κ1) is 22.6. The number of ether oxygens (including phenoxy) is 1. The summed E-state index contributed by atoms with van der Waals surface area (Å²) in [5.41, 5.74) is 0.750. The Kier molecular flexibility index (Phi) is 7.71. The molecule has 1 fully saturated rings. The molecule has 162 valence electrons. The number of rotatable bonds is 8. The summed E-state index contributed by atoms with van der Waals surface area (Å²) in [6.45, 7) is 0.568. The van der Waals surface area contributed by atoms with Gasteiger partial charge >= 0.3 is 5.97 Å². The van der Waals surface area contributed by atoms with Crippen molar-refractivity contribution in [3.05, 3.63) is 65.2 Å². The third kappa shape index (κ3) is 6.43. The van der Waals surface area contributed by atoms with Gasteiger partial charge in [0.15, 0.2) is 0 Å². The van der Waals surface area contributed by atoms with E-state index in [2.05, 4.69) is 4.72 Å². The van der Waals surface area contributed by atoms with Crippen LogP contribution in [0.1, 0.15) is 24.8 Å². The van der Waals surface area contributed by atoms with E-state index in [1.165, 1.54) is 4.31 Å². The maximum atomic E-state index is 12.8. The maximum absolute atomic E-state index is 12.8. The van der Waals surface area contributed by atoms with Crippen LogP contribution in [-0.4, -0.2) is 49.0 Å². The Labute approximate surface area is 181 Å². The van der Waals surface area contributed by atoms with Gasteiger partial charge in [-0.2, -0.15) is 17.4 Å². The van der Waals surface area contributed by atoms with E-state index in [9.17, 15) is 18.3 Å². The number of benzene rings is 2.